The van der Waals surface area contributed by atoms with Crippen molar-refractivity contribution in [2.75, 3.05) is 13.2 Å². The number of ether oxygens (including phenoxy) is 1. The van der Waals surface area contributed by atoms with Gasteiger partial charge in [0, 0.05) is 13.1 Å². The van der Waals surface area contributed by atoms with Crippen LogP contribution in [0, 0.1) is 0 Å². The third kappa shape index (κ3) is 1.04. The Morgan fingerprint density at radius 2 is 2.50 bits per heavy atom. The quantitative estimate of drug-likeness (QED) is 0.606. The fourth-order valence-corrected chi connectivity index (χ4v) is 1.25. The van der Waals surface area contributed by atoms with Gasteiger partial charge in [0.25, 0.3) is 0 Å². The van der Waals surface area contributed by atoms with Crippen LogP contribution in [0.1, 0.15) is 23.5 Å². The molecule has 4 heteroatoms. The number of carbonyl (C=O) groups is 1. The number of aromatic nitrogens is 2. The van der Waals surface area contributed by atoms with Gasteiger partial charge in [0.15, 0.2) is 5.78 Å². The first-order valence-electron chi connectivity index (χ1n) is 3.91. The van der Waals surface area contributed by atoms with Crippen molar-refractivity contribution in [3.05, 3.63) is 18.0 Å². The minimum absolute atomic E-state index is 0.0550. The normalized spacial score (nSPS) is 17.4. The second-order valence-electron chi connectivity index (χ2n) is 2.91. The third-order valence-electron chi connectivity index (χ3n) is 2.00. The van der Waals surface area contributed by atoms with Gasteiger partial charge in [-0.25, -0.2) is 0 Å². The van der Waals surface area contributed by atoms with E-state index in [1.165, 1.54) is 0 Å². The highest BCUT2D eigenvalue weighted by atomic mass is 16.5. The van der Waals surface area contributed by atoms with Crippen LogP contribution in [0.3, 0.4) is 0 Å². The largest absolute Gasteiger partial charge is 0.377 e. The number of carbonyl (C=O) groups excluding carboxylic acids is 1. The van der Waals surface area contributed by atoms with Gasteiger partial charge in [-0.05, 0) is 6.07 Å². The van der Waals surface area contributed by atoms with Crippen LogP contribution in [0.2, 0.25) is 0 Å². The molecule has 12 heavy (non-hydrogen) atoms. The Bertz CT molecular complexity index is 302. The molecular weight excluding hydrogens is 156 g/mol. The minimum Gasteiger partial charge on any atom is -0.377 e. The summed E-state index contributed by atoms with van der Waals surface area (Å²) in [6, 6.07) is 2.00. The van der Waals surface area contributed by atoms with E-state index in [2.05, 4.69) is 5.10 Å². The van der Waals surface area contributed by atoms with Crippen molar-refractivity contribution in [3.63, 3.8) is 0 Å². The molecule has 0 amide bonds. The van der Waals surface area contributed by atoms with Crippen LogP contribution < -0.4 is 0 Å². The number of nitrogens with zero attached hydrogens (tertiary/aromatic N) is 2. The van der Waals surface area contributed by atoms with Crippen LogP contribution in [-0.2, 0) is 4.74 Å². The Morgan fingerprint density at radius 3 is 3.00 bits per heavy atom. The average molecular weight is 166 g/mol. The van der Waals surface area contributed by atoms with Crippen LogP contribution in [0.4, 0.5) is 0 Å². The molecule has 4 nitrogen and oxygen atoms in total. The lowest BCUT2D eigenvalue weighted by atomic mass is 10.2. The molecule has 2 heterocycles. The van der Waals surface area contributed by atoms with E-state index in [4.69, 9.17) is 4.74 Å². The van der Waals surface area contributed by atoms with Crippen molar-refractivity contribution in [2.24, 2.45) is 0 Å². The predicted octanol–water partition coefficient (Wildman–Crippen LogP) is 0.657. The molecule has 0 aromatic carbocycles. The smallest absolute Gasteiger partial charge is 0.177 e. The summed E-state index contributed by atoms with van der Waals surface area (Å²) >= 11 is 0. The summed E-state index contributed by atoms with van der Waals surface area (Å²) in [6.07, 6.45) is 1.65. The summed E-state index contributed by atoms with van der Waals surface area (Å²) in [4.78, 5) is 11.1. The fraction of sp³-hybridized carbons (Fsp3) is 0.500. The van der Waals surface area contributed by atoms with Gasteiger partial charge in [-0.3, -0.25) is 9.48 Å². The predicted molar refractivity (Wildman–Crippen MR) is 42.1 cm³/mol. The van der Waals surface area contributed by atoms with Gasteiger partial charge in [0.05, 0.1) is 19.3 Å². The van der Waals surface area contributed by atoms with Crippen molar-refractivity contribution in [1.29, 1.82) is 0 Å². The second-order valence-corrected chi connectivity index (χ2v) is 2.91. The standard InChI is InChI=1S/C8H10N2O2/c1-6(11)8-2-3-9-10(8)7-4-12-5-7/h2-3,7H,4-5H2,1H3. The summed E-state index contributed by atoms with van der Waals surface area (Å²) in [6.45, 7) is 2.89. The lowest BCUT2D eigenvalue weighted by Gasteiger charge is -2.27. The van der Waals surface area contributed by atoms with E-state index >= 15 is 0 Å². The van der Waals surface area contributed by atoms with Crippen LogP contribution in [0.25, 0.3) is 0 Å². The molecule has 0 atom stereocenters. The van der Waals surface area contributed by atoms with Crippen molar-refractivity contribution < 1.29 is 9.53 Å². The van der Waals surface area contributed by atoms with Gasteiger partial charge in [-0.1, -0.05) is 0 Å². The zero-order chi connectivity index (χ0) is 8.55. The Kier molecular flexibility index (Phi) is 1.69. The summed E-state index contributed by atoms with van der Waals surface area (Å²) < 4.78 is 6.76. The van der Waals surface area contributed by atoms with Crippen molar-refractivity contribution in [3.8, 4) is 0 Å². The van der Waals surface area contributed by atoms with Crippen molar-refractivity contribution in [2.45, 2.75) is 13.0 Å². The van der Waals surface area contributed by atoms with E-state index in [0.717, 1.165) is 0 Å². The van der Waals surface area contributed by atoms with E-state index in [-0.39, 0.29) is 11.8 Å². The van der Waals surface area contributed by atoms with E-state index in [1.54, 1.807) is 23.9 Å². The van der Waals surface area contributed by atoms with Crippen molar-refractivity contribution in [1.82, 2.24) is 9.78 Å². The molecule has 1 fully saturated rings. The van der Waals surface area contributed by atoms with Gasteiger partial charge in [0.2, 0.25) is 0 Å². The molecule has 64 valence electrons. The molecule has 1 aliphatic rings. The average Bonchev–Trinajstić information content (AvgIpc) is 2.31. The number of ketones is 1. The van der Waals surface area contributed by atoms with Crippen LogP contribution in [0.5, 0.6) is 0 Å². The summed E-state index contributed by atoms with van der Waals surface area (Å²) in [5, 5.41) is 4.08. The summed E-state index contributed by atoms with van der Waals surface area (Å²) in [5.41, 5.74) is 0.670. The van der Waals surface area contributed by atoms with Gasteiger partial charge < -0.3 is 4.74 Å². The summed E-state index contributed by atoms with van der Waals surface area (Å²) in [7, 11) is 0. The topological polar surface area (TPSA) is 44.1 Å². The van der Waals surface area contributed by atoms with E-state index < -0.39 is 0 Å². The maximum Gasteiger partial charge on any atom is 0.177 e. The van der Waals surface area contributed by atoms with E-state index in [9.17, 15) is 4.79 Å². The lowest BCUT2D eigenvalue weighted by molar-refractivity contribution is -0.0293. The molecule has 0 spiro atoms. The Labute approximate surface area is 70.1 Å². The fourth-order valence-electron chi connectivity index (χ4n) is 1.25. The molecule has 0 unspecified atom stereocenters. The van der Waals surface area contributed by atoms with E-state index in [0.29, 0.717) is 18.9 Å². The monoisotopic (exact) mass is 166 g/mol. The zero-order valence-electron chi connectivity index (χ0n) is 6.86. The molecule has 2 rings (SSSR count). The highest BCUT2D eigenvalue weighted by Crippen LogP contribution is 2.18. The first-order chi connectivity index (χ1) is 5.79. The SMILES string of the molecule is CC(=O)c1ccnn1C1COC1. The molecule has 0 N–H and O–H groups in total. The van der Waals surface area contributed by atoms with Gasteiger partial charge in [-0.2, -0.15) is 5.10 Å². The molecule has 0 bridgehead atoms. The first kappa shape index (κ1) is 7.49. The van der Waals surface area contributed by atoms with Gasteiger partial charge >= 0.3 is 0 Å². The third-order valence-corrected chi connectivity index (χ3v) is 2.00. The maximum absolute atomic E-state index is 11.1. The number of hydrogen-bond acceptors (Lipinski definition) is 3. The molecule has 1 aromatic rings. The molecule has 1 saturated heterocycles. The molecule has 0 radical (unpaired) electrons. The minimum atomic E-state index is 0.0550. The molecule has 1 aliphatic heterocycles. The number of hydrogen-bond donors (Lipinski definition) is 0. The van der Waals surface area contributed by atoms with Gasteiger partial charge in [-0.15, -0.1) is 0 Å². The Morgan fingerprint density at radius 1 is 1.75 bits per heavy atom. The zero-order valence-corrected chi connectivity index (χ0v) is 6.86. The summed E-state index contributed by atoms with van der Waals surface area (Å²) in [5.74, 6) is 0.0550. The second kappa shape index (κ2) is 2.71. The van der Waals surface area contributed by atoms with Gasteiger partial charge in [0.1, 0.15) is 5.69 Å². The molecule has 1 aromatic heterocycles. The van der Waals surface area contributed by atoms with Crippen LogP contribution in [0.15, 0.2) is 12.3 Å². The van der Waals surface area contributed by atoms with E-state index in [1.807, 2.05) is 0 Å². The highest BCUT2D eigenvalue weighted by Gasteiger charge is 2.23. The lowest BCUT2D eigenvalue weighted by Crippen LogP contribution is -2.33. The number of rotatable bonds is 2. The molecular formula is C8H10N2O2. The molecule has 0 aliphatic carbocycles. The van der Waals surface area contributed by atoms with Crippen molar-refractivity contribution >= 4 is 5.78 Å². The highest BCUT2D eigenvalue weighted by molar-refractivity contribution is 5.92. The Hall–Kier alpha value is -1.16. The Balaban J connectivity index is 2.29. The molecule has 0 saturated carbocycles. The first-order valence-corrected chi connectivity index (χ1v) is 3.91. The van der Waals surface area contributed by atoms with Crippen LogP contribution in [-0.4, -0.2) is 28.8 Å². The van der Waals surface area contributed by atoms with Crippen LogP contribution >= 0.6 is 0 Å². The maximum atomic E-state index is 11.1. The number of Topliss-reactive ketones (excluding diaryl/α,β-unsaturated/α-hetero) is 1.